The van der Waals surface area contributed by atoms with Gasteiger partial charge in [0.2, 0.25) is 5.91 Å². The minimum absolute atomic E-state index is 0.00520. The molecule has 1 fully saturated rings. The summed E-state index contributed by atoms with van der Waals surface area (Å²) in [5.41, 5.74) is 1.99. The fourth-order valence-electron chi connectivity index (χ4n) is 3.40. The van der Waals surface area contributed by atoms with Crippen molar-refractivity contribution < 1.29 is 23.8 Å². The van der Waals surface area contributed by atoms with E-state index in [1.807, 2.05) is 43.3 Å². The van der Waals surface area contributed by atoms with E-state index in [9.17, 15) is 9.59 Å². The zero-order valence-corrected chi connectivity index (χ0v) is 16.9. The molecule has 0 saturated carbocycles. The smallest absolute Gasteiger partial charge is 0.311 e. The lowest BCUT2D eigenvalue weighted by Gasteiger charge is -2.16. The van der Waals surface area contributed by atoms with E-state index >= 15 is 0 Å². The molecule has 1 atom stereocenters. The van der Waals surface area contributed by atoms with Crippen molar-refractivity contribution in [2.45, 2.75) is 26.4 Å². The van der Waals surface area contributed by atoms with Gasteiger partial charge in [-0.25, -0.2) is 0 Å². The fourth-order valence-corrected chi connectivity index (χ4v) is 3.40. The van der Waals surface area contributed by atoms with E-state index < -0.39 is 5.92 Å². The molecule has 1 saturated heterocycles. The Bertz CT molecular complexity index is 836. The first-order valence-corrected chi connectivity index (χ1v) is 9.88. The van der Waals surface area contributed by atoms with E-state index in [1.165, 1.54) is 5.56 Å². The van der Waals surface area contributed by atoms with E-state index in [-0.39, 0.29) is 24.9 Å². The van der Waals surface area contributed by atoms with Crippen LogP contribution in [-0.2, 0) is 27.4 Å². The van der Waals surface area contributed by atoms with Crippen LogP contribution in [0, 0.1) is 5.92 Å². The third-order valence-corrected chi connectivity index (χ3v) is 4.97. The van der Waals surface area contributed by atoms with Crippen LogP contribution in [0.5, 0.6) is 11.5 Å². The minimum atomic E-state index is -0.414. The van der Waals surface area contributed by atoms with Gasteiger partial charge in [-0.2, -0.15) is 0 Å². The molecule has 0 spiro atoms. The van der Waals surface area contributed by atoms with Crippen LogP contribution in [0.25, 0.3) is 0 Å². The summed E-state index contributed by atoms with van der Waals surface area (Å²) in [7, 11) is 1.57. The van der Waals surface area contributed by atoms with Crippen LogP contribution in [0.1, 0.15) is 24.5 Å². The van der Waals surface area contributed by atoms with Gasteiger partial charge in [-0.05, 0) is 36.6 Å². The molecule has 6 heteroatoms. The van der Waals surface area contributed by atoms with Gasteiger partial charge in [-0.3, -0.25) is 9.59 Å². The summed E-state index contributed by atoms with van der Waals surface area (Å²) >= 11 is 0. The first-order chi connectivity index (χ1) is 14.1. The lowest BCUT2D eigenvalue weighted by molar-refractivity contribution is -0.149. The van der Waals surface area contributed by atoms with Gasteiger partial charge in [-0.15, -0.1) is 0 Å². The molecule has 1 aliphatic heterocycles. The van der Waals surface area contributed by atoms with E-state index in [0.29, 0.717) is 31.2 Å². The van der Waals surface area contributed by atoms with E-state index in [4.69, 9.17) is 14.2 Å². The second kappa shape index (κ2) is 9.96. The molecule has 0 radical (unpaired) electrons. The summed E-state index contributed by atoms with van der Waals surface area (Å²) in [6.07, 6.45) is 0.987. The number of benzene rings is 2. The number of amides is 1. The summed E-state index contributed by atoms with van der Waals surface area (Å²) in [4.78, 5) is 26.5. The maximum absolute atomic E-state index is 12.5. The molecule has 2 aromatic carbocycles. The molecule has 1 aliphatic rings. The number of methoxy groups -OCH3 is 1. The Morgan fingerprint density at radius 2 is 1.90 bits per heavy atom. The SMILES string of the molecule is CCOc1ccc(COC(=O)[C@@H]2CC(=O)N(CCc3ccccc3)C2)cc1OC. The van der Waals surface area contributed by atoms with Gasteiger partial charge in [0.25, 0.3) is 0 Å². The number of ether oxygens (including phenoxy) is 3. The number of hydrogen-bond acceptors (Lipinski definition) is 5. The van der Waals surface area contributed by atoms with Crippen LogP contribution in [0.2, 0.25) is 0 Å². The number of esters is 1. The molecule has 1 heterocycles. The van der Waals surface area contributed by atoms with Crippen LogP contribution in [-0.4, -0.2) is 43.6 Å². The highest BCUT2D eigenvalue weighted by Crippen LogP contribution is 2.28. The summed E-state index contributed by atoms with van der Waals surface area (Å²) in [5, 5.41) is 0. The van der Waals surface area contributed by atoms with Gasteiger partial charge in [-0.1, -0.05) is 36.4 Å². The maximum Gasteiger partial charge on any atom is 0.311 e. The second-order valence-electron chi connectivity index (χ2n) is 7.00. The topological polar surface area (TPSA) is 65.1 Å². The average molecular weight is 397 g/mol. The van der Waals surface area contributed by atoms with Crippen molar-refractivity contribution in [2.75, 3.05) is 26.8 Å². The Hall–Kier alpha value is -3.02. The van der Waals surface area contributed by atoms with E-state index in [2.05, 4.69) is 0 Å². The van der Waals surface area contributed by atoms with Crippen molar-refractivity contribution in [1.29, 1.82) is 0 Å². The van der Waals surface area contributed by atoms with E-state index in [1.54, 1.807) is 24.1 Å². The molecule has 2 aromatic rings. The zero-order chi connectivity index (χ0) is 20.6. The summed E-state index contributed by atoms with van der Waals surface area (Å²) in [5.74, 6) is 0.506. The number of carbonyl (C=O) groups is 2. The Labute approximate surface area is 171 Å². The van der Waals surface area contributed by atoms with Crippen molar-refractivity contribution >= 4 is 11.9 Å². The first kappa shape index (κ1) is 20.7. The monoisotopic (exact) mass is 397 g/mol. The molecule has 0 bridgehead atoms. The largest absolute Gasteiger partial charge is 0.493 e. The standard InChI is InChI=1S/C23H27NO5/c1-3-28-20-10-9-18(13-21(20)27-2)16-29-23(26)19-14-22(25)24(15-19)12-11-17-7-5-4-6-8-17/h4-10,13,19H,3,11-12,14-16H2,1-2H3/t19-/m1/s1. The van der Waals surface area contributed by atoms with Crippen molar-refractivity contribution in [3.05, 3.63) is 59.7 Å². The molecule has 0 aromatic heterocycles. The fraction of sp³-hybridized carbons (Fsp3) is 0.391. The Balaban J connectivity index is 1.50. The maximum atomic E-state index is 12.5. The molecule has 1 amide bonds. The highest BCUT2D eigenvalue weighted by Gasteiger charge is 2.35. The van der Waals surface area contributed by atoms with Gasteiger partial charge in [0, 0.05) is 19.5 Å². The quantitative estimate of drug-likeness (QED) is 0.608. The van der Waals surface area contributed by atoms with Gasteiger partial charge in [0.05, 0.1) is 19.6 Å². The molecule has 0 N–H and O–H groups in total. The van der Waals surface area contributed by atoms with Crippen LogP contribution in [0.3, 0.4) is 0 Å². The van der Waals surface area contributed by atoms with Crippen molar-refractivity contribution in [3.8, 4) is 11.5 Å². The van der Waals surface area contributed by atoms with Gasteiger partial charge in [0.15, 0.2) is 11.5 Å². The highest BCUT2D eigenvalue weighted by molar-refractivity contribution is 5.86. The molecule has 154 valence electrons. The minimum Gasteiger partial charge on any atom is -0.493 e. The average Bonchev–Trinajstić information content (AvgIpc) is 3.13. The summed E-state index contributed by atoms with van der Waals surface area (Å²) in [6, 6.07) is 15.5. The van der Waals surface area contributed by atoms with Crippen molar-refractivity contribution in [1.82, 2.24) is 4.90 Å². The number of likely N-dealkylation sites (tertiary alicyclic amines) is 1. The van der Waals surface area contributed by atoms with Crippen LogP contribution in [0.15, 0.2) is 48.5 Å². The lowest BCUT2D eigenvalue weighted by atomic mass is 10.1. The highest BCUT2D eigenvalue weighted by atomic mass is 16.5. The number of carbonyl (C=O) groups excluding carboxylic acids is 2. The number of nitrogens with zero attached hydrogens (tertiary/aromatic N) is 1. The summed E-state index contributed by atoms with van der Waals surface area (Å²) in [6.45, 7) is 3.61. The third kappa shape index (κ3) is 5.50. The predicted molar refractivity (Wildman–Crippen MR) is 109 cm³/mol. The molecular formula is C23H27NO5. The molecule has 29 heavy (non-hydrogen) atoms. The van der Waals surface area contributed by atoms with Gasteiger partial charge >= 0.3 is 5.97 Å². The molecule has 3 rings (SSSR count). The normalized spacial score (nSPS) is 16.0. The Kier molecular flexibility index (Phi) is 7.11. The summed E-state index contributed by atoms with van der Waals surface area (Å²) < 4.78 is 16.3. The van der Waals surface area contributed by atoms with E-state index in [0.717, 1.165) is 12.0 Å². The molecule has 0 aliphatic carbocycles. The molecular weight excluding hydrogens is 370 g/mol. The third-order valence-electron chi connectivity index (χ3n) is 4.97. The second-order valence-corrected chi connectivity index (χ2v) is 7.00. The number of hydrogen-bond donors (Lipinski definition) is 0. The van der Waals surface area contributed by atoms with Crippen LogP contribution < -0.4 is 9.47 Å². The molecule has 6 nitrogen and oxygen atoms in total. The van der Waals surface area contributed by atoms with Crippen LogP contribution >= 0.6 is 0 Å². The van der Waals surface area contributed by atoms with Crippen molar-refractivity contribution in [2.24, 2.45) is 5.92 Å². The Morgan fingerprint density at radius 1 is 1.10 bits per heavy atom. The van der Waals surface area contributed by atoms with Gasteiger partial charge in [0.1, 0.15) is 6.61 Å². The first-order valence-electron chi connectivity index (χ1n) is 9.88. The van der Waals surface area contributed by atoms with Gasteiger partial charge < -0.3 is 19.1 Å². The van der Waals surface area contributed by atoms with Crippen LogP contribution in [0.4, 0.5) is 0 Å². The van der Waals surface area contributed by atoms with Crippen molar-refractivity contribution in [3.63, 3.8) is 0 Å². The predicted octanol–water partition coefficient (Wildman–Crippen LogP) is 3.23. The Morgan fingerprint density at radius 3 is 2.62 bits per heavy atom. The lowest BCUT2D eigenvalue weighted by Crippen LogP contribution is -2.28. The molecule has 0 unspecified atom stereocenters. The number of rotatable bonds is 9. The zero-order valence-electron chi connectivity index (χ0n) is 16.9.